The Kier molecular flexibility index (Phi) is 3.98. The molecule has 0 saturated carbocycles. The average molecular weight is 320 g/mol. The quantitative estimate of drug-likeness (QED) is 0.808. The molecule has 1 aromatic carbocycles. The number of amides is 1. The lowest BCUT2D eigenvalue weighted by Crippen LogP contribution is -2.25. The lowest BCUT2D eigenvalue weighted by Gasteiger charge is -2.11. The molecule has 0 N–H and O–H groups in total. The Morgan fingerprint density at radius 1 is 1.50 bits per heavy atom. The third kappa shape index (κ3) is 2.64. The van der Waals surface area contributed by atoms with Gasteiger partial charge in [0.2, 0.25) is 5.91 Å². The predicted molar refractivity (Wildman–Crippen MR) is 83.3 cm³/mol. The highest BCUT2D eigenvalue weighted by Gasteiger charge is 2.37. The molecule has 0 bridgehead atoms. The molecule has 1 aliphatic rings. The largest absolute Gasteiger partial charge is 0.494 e. The van der Waals surface area contributed by atoms with Gasteiger partial charge in [0.25, 0.3) is 0 Å². The highest BCUT2D eigenvalue weighted by Crippen LogP contribution is 2.34. The summed E-state index contributed by atoms with van der Waals surface area (Å²) in [7, 11) is 1.34. The predicted octanol–water partition coefficient (Wildman–Crippen LogP) is 2.22. The molecular weight excluding hydrogens is 304 g/mol. The second-order valence-corrected chi connectivity index (χ2v) is 6.00. The number of thiazole rings is 1. The molecule has 7 heteroatoms. The van der Waals surface area contributed by atoms with Gasteiger partial charge in [0.05, 0.1) is 29.9 Å². The van der Waals surface area contributed by atoms with Crippen molar-refractivity contribution < 1.29 is 19.1 Å². The van der Waals surface area contributed by atoms with Gasteiger partial charge in [-0.15, -0.1) is 0 Å². The van der Waals surface area contributed by atoms with E-state index in [1.165, 1.54) is 18.4 Å². The molecule has 0 spiro atoms. The van der Waals surface area contributed by atoms with Crippen LogP contribution in [0.3, 0.4) is 0 Å². The standard InChI is InChI=1S/C15H16N2O4S/c1-3-21-10-4-5-11-12(7-10)22-15(16-11)17-8-9(6-13(17)18)14(19)20-2/h4-5,7,9H,3,6,8H2,1-2H3. The Morgan fingerprint density at radius 3 is 3.05 bits per heavy atom. The summed E-state index contributed by atoms with van der Waals surface area (Å²) in [4.78, 5) is 29.7. The second-order valence-electron chi connectivity index (χ2n) is 4.99. The first-order valence-corrected chi connectivity index (χ1v) is 7.85. The van der Waals surface area contributed by atoms with Gasteiger partial charge in [-0.3, -0.25) is 14.5 Å². The molecule has 1 fully saturated rings. The number of nitrogens with zero attached hydrogens (tertiary/aromatic N) is 2. The molecule has 22 heavy (non-hydrogen) atoms. The molecule has 1 aliphatic heterocycles. The molecule has 1 aromatic heterocycles. The van der Waals surface area contributed by atoms with Crippen LogP contribution in [0.25, 0.3) is 10.2 Å². The van der Waals surface area contributed by atoms with Crippen LogP contribution in [0.15, 0.2) is 18.2 Å². The maximum Gasteiger partial charge on any atom is 0.311 e. The van der Waals surface area contributed by atoms with Crippen molar-refractivity contribution in [1.82, 2.24) is 4.98 Å². The molecule has 0 radical (unpaired) electrons. The molecule has 2 aromatic rings. The zero-order chi connectivity index (χ0) is 15.7. The number of fused-ring (bicyclic) bond motifs is 1. The third-order valence-electron chi connectivity index (χ3n) is 3.55. The van der Waals surface area contributed by atoms with E-state index < -0.39 is 5.92 Å². The van der Waals surface area contributed by atoms with Crippen LogP contribution in [0.5, 0.6) is 5.75 Å². The van der Waals surface area contributed by atoms with E-state index in [1.54, 1.807) is 4.90 Å². The van der Waals surface area contributed by atoms with Crippen LogP contribution in [-0.2, 0) is 14.3 Å². The number of anilines is 1. The molecule has 116 valence electrons. The van der Waals surface area contributed by atoms with Gasteiger partial charge in [0.15, 0.2) is 5.13 Å². The van der Waals surface area contributed by atoms with Crippen molar-refractivity contribution in [3.8, 4) is 5.75 Å². The lowest BCUT2D eigenvalue weighted by atomic mass is 10.1. The van der Waals surface area contributed by atoms with Crippen molar-refractivity contribution in [2.24, 2.45) is 5.92 Å². The first-order valence-electron chi connectivity index (χ1n) is 7.04. The van der Waals surface area contributed by atoms with Crippen molar-refractivity contribution in [2.45, 2.75) is 13.3 Å². The Balaban J connectivity index is 1.87. The van der Waals surface area contributed by atoms with Gasteiger partial charge in [0, 0.05) is 13.0 Å². The summed E-state index contributed by atoms with van der Waals surface area (Å²) in [5.41, 5.74) is 0.817. The average Bonchev–Trinajstić information content (AvgIpc) is 3.09. The minimum atomic E-state index is -0.413. The molecule has 1 unspecified atom stereocenters. The number of rotatable bonds is 4. The fraction of sp³-hybridized carbons (Fsp3) is 0.400. The zero-order valence-corrected chi connectivity index (χ0v) is 13.2. The smallest absolute Gasteiger partial charge is 0.311 e. The van der Waals surface area contributed by atoms with Gasteiger partial charge in [-0.25, -0.2) is 4.98 Å². The van der Waals surface area contributed by atoms with Crippen LogP contribution in [0.1, 0.15) is 13.3 Å². The van der Waals surface area contributed by atoms with E-state index in [1.807, 2.05) is 25.1 Å². The minimum absolute atomic E-state index is 0.0977. The second kappa shape index (κ2) is 5.92. The van der Waals surface area contributed by atoms with Gasteiger partial charge >= 0.3 is 5.97 Å². The van der Waals surface area contributed by atoms with E-state index in [0.29, 0.717) is 18.3 Å². The number of esters is 1. The Labute approximate surface area is 131 Å². The third-order valence-corrected chi connectivity index (χ3v) is 4.59. The number of hydrogen-bond acceptors (Lipinski definition) is 6. The highest BCUT2D eigenvalue weighted by atomic mass is 32.1. The van der Waals surface area contributed by atoms with Crippen molar-refractivity contribution >= 4 is 38.6 Å². The Hall–Kier alpha value is -2.15. The van der Waals surface area contributed by atoms with E-state index in [-0.39, 0.29) is 18.3 Å². The van der Waals surface area contributed by atoms with Crippen LogP contribution >= 0.6 is 11.3 Å². The van der Waals surface area contributed by atoms with E-state index in [0.717, 1.165) is 16.0 Å². The van der Waals surface area contributed by atoms with Gasteiger partial charge in [-0.1, -0.05) is 11.3 Å². The van der Waals surface area contributed by atoms with Gasteiger partial charge in [-0.05, 0) is 25.1 Å². The van der Waals surface area contributed by atoms with E-state index in [4.69, 9.17) is 9.47 Å². The van der Waals surface area contributed by atoms with Gasteiger partial charge < -0.3 is 9.47 Å². The van der Waals surface area contributed by atoms with Gasteiger partial charge in [-0.2, -0.15) is 0 Å². The fourth-order valence-corrected chi connectivity index (χ4v) is 3.50. The number of carbonyl (C=O) groups excluding carboxylic acids is 2. The summed E-state index contributed by atoms with van der Waals surface area (Å²) in [6.07, 6.45) is 0.173. The summed E-state index contributed by atoms with van der Waals surface area (Å²) < 4.78 is 11.1. The molecule has 1 saturated heterocycles. The van der Waals surface area contributed by atoms with Crippen LogP contribution < -0.4 is 9.64 Å². The summed E-state index contributed by atoms with van der Waals surface area (Å²) in [5, 5.41) is 0.611. The number of benzene rings is 1. The molecule has 0 aliphatic carbocycles. The van der Waals surface area contributed by atoms with Crippen LogP contribution in [0.4, 0.5) is 5.13 Å². The minimum Gasteiger partial charge on any atom is -0.494 e. The van der Waals surface area contributed by atoms with Crippen LogP contribution in [0, 0.1) is 5.92 Å². The highest BCUT2D eigenvalue weighted by molar-refractivity contribution is 7.22. The van der Waals surface area contributed by atoms with Crippen molar-refractivity contribution in [1.29, 1.82) is 0 Å². The molecule has 3 rings (SSSR count). The van der Waals surface area contributed by atoms with Gasteiger partial charge in [0.1, 0.15) is 5.75 Å². The van der Waals surface area contributed by atoms with Crippen LogP contribution in [0.2, 0.25) is 0 Å². The van der Waals surface area contributed by atoms with Crippen molar-refractivity contribution in [2.75, 3.05) is 25.2 Å². The summed E-state index contributed by atoms with van der Waals surface area (Å²) in [6.45, 7) is 2.85. The number of hydrogen-bond donors (Lipinski definition) is 0. The molecule has 1 amide bonds. The first-order chi connectivity index (χ1) is 10.6. The molecular formula is C15H16N2O4S. The normalized spacial score (nSPS) is 18.0. The maximum absolute atomic E-state index is 12.1. The number of methoxy groups -OCH3 is 1. The Morgan fingerprint density at radius 2 is 2.32 bits per heavy atom. The molecule has 6 nitrogen and oxygen atoms in total. The lowest BCUT2D eigenvalue weighted by molar-refractivity contribution is -0.145. The first kappa shape index (κ1) is 14.8. The zero-order valence-electron chi connectivity index (χ0n) is 12.4. The maximum atomic E-state index is 12.1. The monoisotopic (exact) mass is 320 g/mol. The number of carbonyl (C=O) groups is 2. The number of aromatic nitrogens is 1. The van der Waals surface area contributed by atoms with E-state index >= 15 is 0 Å². The topological polar surface area (TPSA) is 68.7 Å². The van der Waals surface area contributed by atoms with Crippen molar-refractivity contribution in [3.05, 3.63) is 18.2 Å². The Bertz CT molecular complexity index is 727. The summed E-state index contributed by atoms with van der Waals surface area (Å²) in [5.74, 6) is -0.0797. The summed E-state index contributed by atoms with van der Waals surface area (Å²) >= 11 is 1.42. The molecule has 2 heterocycles. The van der Waals surface area contributed by atoms with Crippen molar-refractivity contribution in [3.63, 3.8) is 0 Å². The van der Waals surface area contributed by atoms with E-state index in [2.05, 4.69) is 4.98 Å². The number of ether oxygens (including phenoxy) is 2. The molecule has 1 atom stereocenters. The fourth-order valence-electron chi connectivity index (χ4n) is 2.48. The van der Waals surface area contributed by atoms with Crippen LogP contribution in [-0.4, -0.2) is 37.1 Å². The summed E-state index contributed by atoms with van der Waals surface area (Å²) in [6, 6.07) is 5.65. The SMILES string of the molecule is CCOc1ccc2nc(N3CC(C(=O)OC)CC3=O)sc2c1. The van der Waals surface area contributed by atoms with E-state index in [9.17, 15) is 9.59 Å².